The van der Waals surface area contributed by atoms with Crippen molar-refractivity contribution >= 4 is 16.9 Å². The van der Waals surface area contributed by atoms with E-state index in [0.717, 1.165) is 36.2 Å². The van der Waals surface area contributed by atoms with Gasteiger partial charge in [-0.15, -0.1) is 0 Å². The summed E-state index contributed by atoms with van der Waals surface area (Å²) in [6.45, 7) is 1.39. The van der Waals surface area contributed by atoms with Gasteiger partial charge in [0.1, 0.15) is 5.82 Å². The van der Waals surface area contributed by atoms with Gasteiger partial charge < -0.3 is 14.6 Å². The number of carbonyl (C=O) groups is 1. The number of rotatable bonds is 3. The molecular formula is C18H21N5O2. The van der Waals surface area contributed by atoms with Gasteiger partial charge in [0.25, 0.3) is 5.91 Å². The van der Waals surface area contributed by atoms with Gasteiger partial charge >= 0.3 is 0 Å². The number of carbonyl (C=O) groups excluding carboxylic acids is 1. The summed E-state index contributed by atoms with van der Waals surface area (Å²) in [5, 5.41) is 4.27. The summed E-state index contributed by atoms with van der Waals surface area (Å²) in [6, 6.07) is 9.69. The van der Waals surface area contributed by atoms with Crippen LogP contribution in [0.15, 0.2) is 30.3 Å². The number of amides is 1. The Balaban J connectivity index is 1.54. The number of ether oxygens (including phenoxy) is 1. The Morgan fingerprint density at radius 1 is 1.36 bits per heavy atom. The molecule has 7 nitrogen and oxygen atoms in total. The molecule has 1 fully saturated rings. The van der Waals surface area contributed by atoms with Crippen molar-refractivity contribution < 1.29 is 9.53 Å². The van der Waals surface area contributed by atoms with Crippen LogP contribution in [-0.2, 0) is 7.05 Å². The van der Waals surface area contributed by atoms with Crippen LogP contribution in [0.3, 0.4) is 0 Å². The fourth-order valence-electron chi connectivity index (χ4n) is 3.46. The van der Waals surface area contributed by atoms with E-state index in [1.165, 1.54) is 0 Å². The number of nitrogens with one attached hydrogen (secondary N) is 1. The van der Waals surface area contributed by atoms with Crippen molar-refractivity contribution in [3.63, 3.8) is 0 Å². The molecule has 1 amide bonds. The Morgan fingerprint density at radius 3 is 2.96 bits per heavy atom. The second-order valence-corrected chi connectivity index (χ2v) is 6.43. The maximum absolute atomic E-state index is 12.8. The Bertz CT molecular complexity index is 880. The molecule has 1 aliphatic heterocycles. The first-order chi connectivity index (χ1) is 12.2. The largest absolute Gasteiger partial charge is 0.481 e. The van der Waals surface area contributed by atoms with Crippen LogP contribution >= 0.6 is 0 Å². The molecule has 4 rings (SSSR count). The summed E-state index contributed by atoms with van der Waals surface area (Å²) in [5.41, 5.74) is 2.43. The molecule has 0 spiro atoms. The minimum atomic E-state index is -0.0558. The SMILES string of the molecule is COc1cc(C(=O)N2CCCC(c3nc4ccccc4[nH]3)C2)nn1C. The molecule has 0 aliphatic carbocycles. The summed E-state index contributed by atoms with van der Waals surface area (Å²) >= 11 is 0. The molecule has 3 heterocycles. The zero-order chi connectivity index (χ0) is 17.4. The maximum atomic E-state index is 12.8. The van der Waals surface area contributed by atoms with E-state index in [-0.39, 0.29) is 11.8 Å². The van der Waals surface area contributed by atoms with E-state index < -0.39 is 0 Å². The molecule has 3 aromatic rings. The van der Waals surface area contributed by atoms with Crippen LogP contribution in [0, 0.1) is 0 Å². The fraction of sp³-hybridized carbons (Fsp3) is 0.389. The number of aromatic amines is 1. The maximum Gasteiger partial charge on any atom is 0.274 e. The molecule has 1 saturated heterocycles. The van der Waals surface area contributed by atoms with Crippen molar-refractivity contribution in [2.24, 2.45) is 7.05 Å². The number of imidazole rings is 1. The van der Waals surface area contributed by atoms with E-state index in [9.17, 15) is 4.79 Å². The fourth-order valence-corrected chi connectivity index (χ4v) is 3.46. The molecule has 1 atom stereocenters. The lowest BCUT2D eigenvalue weighted by Gasteiger charge is -2.31. The van der Waals surface area contributed by atoms with Gasteiger partial charge in [0.05, 0.1) is 18.1 Å². The van der Waals surface area contributed by atoms with Crippen LogP contribution in [-0.4, -0.2) is 50.8 Å². The molecule has 1 aromatic carbocycles. The molecule has 2 aromatic heterocycles. The second kappa shape index (κ2) is 6.23. The van der Waals surface area contributed by atoms with Crippen LogP contribution in [0.2, 0.25) is 0 Å². The highest BCUT2D eigenvalue weighted by atomic mass is 16.5. The van der Waals surface area contributed by atoms with Crippen LogP contribution in [0.1, 0.15) is 35.1 Å². The minimum Gasteiger partial charge on any atom is -0.481 e. The van der Waals surface area contributed by atoms with Crippen LogP contribution < -0.4 is 4.74 Å². The number of aromatic nitrogens is 4. The monoisotopic (exact) mass is 339 g/mol. The third kappa shape index (κ3) is 2.86. The molecule has 25 heavy (non-hydrogen) atoms. The summed E-state index contributed by atoms with van der Waals surface area (Å²) in [5.74, 6) is 1.70. The first kappa shape index (κ1) is 15.7. The second-order valence-electron chi connectivity index (χ2n) is 6.43. The minimum absolute atomic E-state index is 0.0558. The molecule has 0 bridgehead atoms. The zero-order valence-electron chi connectivity index (χ0n) is 14.4. The van der Waals surface area contributed by atoms with Gasteiger partial charge in [-0.25, -0.2) is 9.67 Å². The average Bonchev–Trinajstić information content (AvgIpc) is 3.24. The van der Waals surface area contributed by atoms with Crippen molar-refractivity contribution in [1.29, 1.82) is 0 Å². The predicted octanol–water partition coefficient (Wildman–Crippen LogP) is 2.32. The number of hydrogen-bond donors (Lipinski definition) is 1. The molecule has 1 unspecified atom stereocenters. The van der Waals surface area contributed by atoms with Crippen LogP contribution in [0.5, 0.6) is 5.88 Å². The average molecular weight is 339 g/mol. The molecule has 1 N–H and O–H groups in total. The summed E-state index contributed by atoms with van der Waals surface area (Å²) < 4.78 is 6.78. The van der Waals surface area contributed by atoms with Gasteiger partial charge in [0.15, 0.2) is 5.69 Å². The molecular weight excluding hydrogens is 318 g/mol. The van der Waals surface area contributed by atoms with E-state index in [2.05, 4.69) is 10.1 Å². The number of benzene rings is 1. The van der Waals surface area contributed by atoms with Crippen LogP contribution in [0.25, 0.3) is 11.0 Å². The van der Waals surface area contributed by atoms with E-state index >= 15 is 0 Å². The Hall–Kier alpha value is -2.83. The first-order valence-electron chi connectivity index (χ1n) is 8.47. The van der Waals surface area contributed by atoms with E-state index in [4.69, 9.17) is 9.72 Å². The van der Waals surface area contributed by atoms with Gasteiger partial charge in [0, 0.05) is 32.1 Å². The molecule has 130 valence electrons. The number of hydrogen-bond acceptors (Lipinski definition) is 4. The zero-order valence-corrected chi connectivity index (χ0v) is 14.4. The summed E-state index contributed by atoms with van der Waals surface area (Å²) in [6.07, 6.45) is 1.98. The lowest BCUT2D eigenvalue weighted by atomic mass is 9.97. The van der Waals surface area contributed by atoms with Gasteiger partial charge in [0.2, 0.25) is 5.88 Å². The highest BCUT2D eigenvalue weighted by Crippen LogP contribution is 2.27. The topological polar surface area (TPSA) is 76.0 Å². The number of methoxy groups -OCH3 is 1. The highest BCUT2D eigenvalue weighted by molar-refractivity contribution is 5.92. The van der Waals surface area contributed by atoms with Gasteiger partial charge in [-0.1, -0.05) is 12.1 Å². The smallest absolute Gasteiger partial charge is 0.274 e. The van der Waals surface area contributed by atoms with Crippen molar-refractivity contribution in [2.45, 2.75) is 18.8 Å². The standard InChI is InChI=1S/C18H21N5O2/c1-22-16(25-2)10-15(21-22)18(24)23-9-5-6-12(11-23)17-19-13-7-3-4-8-14(13)20-17/h3-4,7-8,10,12H,5-6,9,11H2,1-2H3,(H,19,20). The highest BCUT2D eigenvalue weighted by Gasteiger charge is 2.28. The van der Waals surface area contributed by atoms with Crippen molar-refractivity contribution in [3.8, 4) is 5.88 Å². The number of nitrogens with zero attached hydrogens (tertiary/aromatic N) is 4. The Kier molecular flexibility index (Phi) is 3.91. The number of fused-ring (bicyclic) bond motifs is 1. The van der Waals surface area contributed by atoms with Crippen molar-refractivity contribution in [2.75, 3.05) is 20.2 Å². The molecule has 0 radical (unpaired) electrons. The van der Waals surface area contributed by atoms with Crippen LogP contribution in [0.4, 0.5) is 0 Å². The number of para-hydroxylation sites is 2. The van der Waals surface area contributed by atoms with E-state index in [0.29, 0.717) is 18.1 Å². The third-order valence-electron chi connectivity index (χ3n) is 4.77. The summed E-state index contributed by atoms with van der Waals surface area (Å²) in [4.78, 5) is 22.8. The molecule has 7 heteroatoms. The van der Waals surface area contributed by atoms with Gasteiger partial charge in [-0.2, -0.15) is 5.10 Å². The quantitative estimate of drug-likeness (QED) is 0.794. The van der Waals surface area contributed by atoms with Crippen molar-refractivity contribution in [3.05, 3.63) is 41.9 Å². The van der Waals surface area contributed by atoms with E-state index in [1.54, 1.807) is 24.9 Å². The predicted molar refractivity (Wildman–Crippen MR) is 93.7 cm³/mol. The lowest BCUT2D eigenvalue weighted by molar-refractivity contribution is 0.0698. The number of likely N-dealkylation sites (tertiary alicyclic amines) is 1. The molecule has 1 aliphatic rings. The van der Waals surface area contributed by atoms with Crippen molar-refractivity contribution in [1.82, 2.24) is 24.6 Å². The number of piperidine rings is 1. The Morgan fingerprint density at radius 2 is 2.20 bits per heavy atom. The third-order valence-corrected chi connectivity index (χ3v) is 4.77. The number of aryl methyl sites for hydroxylation is 1. The first-order valence-corrected chi connectivity index (χ1v) is 8.47. The normalized spacial score (nSPS) is 17.8. The number of H-pyrrole nitrogens is 1. The van der Waals surface area contributed by atoms with E-state index in [1.807, 2.05) is 29.2 Å². The van der Waals surface area contributed by atoms with Gasteiger partial charge in [-0.05, 0) is 25.0 Å². The lowest BCUT2D eigenvalue weighted by Crippen LogP contribution is -2.39. The summed E-state index contributed by atoms with van der Waals surface area (Å²) in [7, 11) is 3.34. The van der Waals surface area contributed by atoms with Gasteiger partial charge in [-0.3, -0.25) is 4.79 Å². The molecule has 0 saturated carbocycles. The Labute approximate surface area is 145 Å².